The van der Waals surface area contributed by atoms with Crippen LogP contribution in [0.15, 0.2) is 128 Å². The number of primary amides is 2. The van der Waals surface area contributed by atoms with E-state index in [0.29, 0.717) is 33.2 Å². The van der Waals surface area contributed by atoms with Gasteiger partial charge in [-0.15, -0.1) is 11.8 Å². The van der Waals surface area contributed by atoms with Crippen molar-refractivity contribution in [3.8, 4) is 5.75 Å². The number of aromatic nitrogens is 3. The number of H-pyrrole nitrogens is 2. The van der Waals surface area contributed by atoms with Crippen LogP contribution in [-0.4, -0.2) is 223 Å². The number of nitrogens with one attached hydrogen (secondary N) is 17. The minimum absolute atomic E-state index is 0.0000115. The number of guanidine groups is 1. The summed E-state index contributed by atoms with van der Waals surface area (Å²) in [4.78, 5) is 241. The minimum Gasteiger partial charge on any atom is -0.508 e. The third-order valence-electron chi connectivity index (χ3n) is 19.4. The summed E-state index contributed by atoms with van der Waals surface area (Å²) >= 11 is 0.770. The van der Waals surface area contributed by atoms with Gasteiger partial charge in [-0.2, -0.15) is 0 Å². The van der Waals surface area contributed by atoms with Crippen molar-refractivity contribution in [3.63, 3.8) is 0 Å². The van der Waals surface area contributed by atoms with Crippen molar-refractivity contribution < 1.29 is 86.9 Å². The number of fused-ring (bicyclic) bond motifs is 1. The van der Waals surface area contributed by atoms with Gasteiger partial charge in [-0.1, -0.05) is 133 Å². The molecule has 4 aromatic carbocycles. The van der Waals surface area contributed by atoms with Gasteiger partial charge in [0.2, 0.25) is 88.6 Å². The Kier molecular flexibility index (Phi) is 37.2. The molecule has 0 aliphatic carbocycles. The Morgan fingerprint density at radius 3 is 1.43 bits per heavy atom. The van der Waals surface area contributed by atoms with Gasteiger partial charge in [0.1, 0.15) is 78.3 Å². The number of carboxylic acids is 1. The van der Waals surface area contributed by atoms with E-state index in [4.69, 9.17) is 22.6 Å². The molecule has 12 atom stereocenters. The molecule has 1 aliphatic rings. The van der Waals surface area contributed by atoms with E-state index < -0.39 is 222 Å². The van der Waals surface area contributed by atoms with Crippen LogP contribution >= 0.6 is 11.8 Å². The number of amides is 15. The van der Waals surface area contributed by atoms with Gasteiger partial charge in [0.15, 0.2) is 5.96 Å². The number of aromatic amines is 2. The number of phenols is 1. The van der Waals surface area contributed by atoms with Crippen LogP contribution in [0.3, 0.4) is 0 Å². The Balaban J connectivity index is 1.34. The first-order valence-corrected chi connectivity index (χ1v) is 40.9. The molecule has 0 spiro atoms. The lowest BCUT2D eigenvalue weighted by Crippen LogP contribution is -2.62. The summed E-state index contributed by atoms with van der Waals surface area (Å²) in [5.41, 5.74) is 19.2. The van der Waals surface area contributed by atoms with Crippen molar-refractivity contribution in [2.45, 2.75) is 185 Å². The van der Waals surface area contributed by atoms with Crippen LogP contribution < -0.4 is 91.6 Å². The Morgan fingerprint density at radius 1 is 0.484 bits per heavy atom. The van der Waals surface area contributed by atoms with Crippen molar-refractivity contribution >= 4 is 123 Å². The first-order chi connectivity index (χ1) is 58.0. The lowest BCUT2D eigenvalue weighted by Gasteiger charge is -2.30. The predicted octanol–water partition coefficient (Wildman–Crippen LogP) is -2.36. The highest BCUT2D eigenvalue weighted by Gasteiger charge is 2.40. The Morgan fingerprint density at radius 2 is 0.926 bits per heavy atom. The Hall–Kier alpha value is -13.4. The molecule has 122 heavy (non-hydrogen) atoms. The number of carbonyl (C=O) groups excluding carboxylic acids is 15. The fraction of sp³-hybridized carbons (Fsp3) is 0.439. The number of carbonyl (C=O) groups is 16. The number of hydrogen-bond acceptors (Lipinski definition) is 20. The fourth-order valence-corrected chi connectivity index (χ4v) is 14.1. The molecule has 3 heterocycles. The van der Waals surface area contributed by atoms with Crippen molar-refractivity contribution in [1.82, 2.24) is 89.4 Å². The number of hydrogen-bond donors (Lipinski definition) is 22. The summed E-state index contributed by atoms with van der Waals surface area (Å²) in [6.45, 7) is 9.40. The van der Waals surface area contributed by atoms with Crippen LogP contribution in [0.1, 0.15) is 108 Å². The number of nitrogens with two attached hydrogens (primary N) is 3. The molecule has 1 fully saturated rings. The number of imidazole rings is 1. The summed E-state index contributed by atoms with van der Waals surface area (Å²) in [6, 6.07) is 8.85. The number of aromatic hydroxyl groups is 1. The van der Waals surface area contributed by atoms with Gasteiger partial charge in [0.05, 0.1) is 37.2 Å². The van der Waals surface area contributed by atoms with Gasteiger partial charge in [-0.05, 0) is 83.9 Å². The van der Waals surface area contributed by atoms with Gasteiger partial charge in [-0.3, -0.25) is 82.1 Å². The lowest BCUT2D eigenvalue weighted by atomic mass is 9.98. The molecule has 40 heteroatoms. The van der Waals surface area contributed by atoms with E-state index in [1.54, 1.807) is 133 Å². The van der Waals surface area contributed by atoms with Gasteiger partial charge in [0.25, 0.3) is 0 Å². The minimum atomic E-state index is -2.13. The van der Waals surface area contributed by atoms with Crippen LogP contribution in [-0.2, 0) is 109 Å². The van der Waals surface area contributed by atoms with Gasteiger partial charge in [-0.25, -0.2) is 4.98 Å². The summed E-state index contributed by atoms with van der Waals surface area (Å²) in [6.07, 6.45) is 0.0214. The molecule has 0 unspecified atom stereocenters. The van der Waals surface area contributed by atoms with Gasteiger partial charge >= 0.3 is 5.97 Å². The molecule has 25 N–H and O–H groups in total. The zero-order chi connectivity index (χ0) is 89.3. The maximum atomic E-state index is 15.2. The highest BCUT2D eigenvalue weighted by Crippen LogP contribution is 2.22. The van der Waals surface area contributed by atoms with Crippen molar-refractivity contribution in [2.75, 3.05) is 24.6 Å². The van der Waals surface area contributed by atoms with E-state index >= 15 is 14.4 Å². The normalized spacial score (nSPS) is 22.4. The number of carboxylic acid groups (broad SMARTS) is 1. The molecular weight excluding hydrogens is 1600 g/mol. The summed E-state index contributed by atoms with van der Waals surface area (Å²) < 4.78 is 0. The summed E-state index contributed by atoms with van der Waals surface area (Å²) in [5.74, 6) is -20.3. The second-order valence-electron chi connectivity index (χ2n) is 30.7. The standard InChI is InChI=1S/C82H109N21O18S/c1-43(2)28-55-72(112)93-54(22-15-27-88-82(85)86)71(111)103-69(45(5)6)81(121)101-59(31-47-18-11-8-12-19-47)76(116)94-56(29-44(3)4)73(113)102-64(70(110)90-39-66(84)106)40-122-41-67(107)92-57(32-48-23-25-51(104)26-24-48)74(114)98-61(34-50-38-87-42-91-50)78(118)96-58(30-46-16-9-7-10-17-46)75(115)100-63(36-68(108)109)80(120)99-62(35-65(83)105)79(119)97-60(77(117)95-55)33-49-37-89-53-21-14-13-20-52(49)53/h7-14,16-21,23-26,37-38,42-45,54-64,69,89,104H,15,22,27-36,39-41H2,1-6H3,(H2,83,105)(H2,84,106)(H,87,91)(H,90,110)(H,92,107)(H,93,112)(H,94,116)(H,95,117)(H,96,118)(H,97,119)(H,98,114)(H,99,120)(H,100,115)(H,101,121)(H,102,113)(H,103,111)(H,108,109)(H4,85,86,88)/t54-,55-,56-,57-,58-,59-,60-,61-,62-,63-,64-,69-/m0/s1. The fourth-order valence-electron chi connectivity index (χ4n) is 13.2. The van der Waals surface area contributed by atoms with Crippen LogP contribution in [0.25, 0.3) is 10.9 Å². The van der Waals surface area contributed by atoms with Crippen molar-refractivity contribution in [1.29, 1.82) is 5.41 Å². The van der Waals surface area contributed by atoms with Crippen LogP contribution in [0.4, 0.5) is 0 Å². The van der Waals surface area contributed by atoms with Crippen molar-refractivity contribution in [2.24, 2.45) is 35.0 Å². The van der Waals surface area contributed by atoms with Crippen LogP contribution in [0, 0.1) is 23.2 Å². The number of nitrogens with zero attached hydrogens (tertiary/aromatic N) is 1. The largest absolute Gasteiger partial charge is 0.508 e. The number of phenolic OH excluding ortho intramolecular Hbond substituents is 1. The van der Waals surface area contributed by atoms with E-state index in [1.807, 2.05) is 0 Å². The highest BCUT2D eigenvalue weighted by atomic mass is 32.2. The topological polar surface area (TPSA) is 628 Å². The smallest absolute Gasteiger partial charge is 0.305 e. The lowest BCUT2D eigenvalue weighted by molar-refractivity contribution is -0.142. The summed E-state index contributed by atoms with van der Waals surface area (Å²) in [5, 5.41) is 65.2. The number of thioether (sulfide) groups is 1. The Bertz CT molecular complexity index is 4650. The van der Waals surface area contributed by atoms with Crippen LogP contribution in [0.5, 0.6) is 5.75 Å². The zero-order valence-corrected chi connectivity index (χ0v) is 69.2. The molecule has 15 amide bonds. The average Bonchev–Trinajstić information content (AvgIpc) is 1.76. The first kappa shape index (κ1) is 95.7. The molecule has 656 valence electrons. The van der Waals surface area contributed by atoms with Crippen molar-refractivity contribution in [3.05, 3.63) is 156 Å². The van der Waals surface area contributed by atoms with E-state index in [-0.39, 0.29) is 75.3 Å². The molecule has 1 aliphatic heterocycles. The Labute approximate surface area is 707 Å². The summed E-state index contributed by atoms with van der Waals surface area (Å²) in [7, 11) is 0. The molecule has 2 aromatic heterocycles. The van der Waals surface area contributed by atoms with Crippen LogP contribution in [0.2, 0.25) is 0 Å². The predicted molar refractivity (Wildman–Crippen MR) is 448 cm³/mol. The third kappa shape index (κ3) is 31.7. The maximum Gasteiger partial charge on any atom is 0.305 e. The second kappa shape index (κ2) is 47.4. The average molecular weight is 1710 g/mol. The zero-order valence-electron chi connectivity index (χ0n) is 68.4. The molecule has 0 bridgehead atoms. The monoisotopic (exact) mass is 1710 g/mol. The molecular formula is C82H109N21O18S. The number of aliphatic carboxylic acids is 1. The SMILES string of the molecule is CC(C)C[C@@H]1NC(=O)[C@H](Cc2c[nH]c3ccccc23)NC(=O)[C@H](CC(N)=O)NC(=O)[C@H](CC(=O)O)NC(=O)[C@H](Cc2ccccc2)NC(=O)[C@H](Cc2c[nH]cn2)NC(=O)[C@H](Cc2ccc(O)cc2)NC(=O)CSC[C@@H](C(=O)NCC(N)=O)NC(=O)[C@H](CC(C)C)NC(=O)[C@H](Cc2ccccc2)NC(=O)[C@H](C(C)C)NC(=O)[C@H](CCCNC(=N)N)NC1=O. The number of para-hydroxylation sites is 1. The van der Waals surface area contributed by atoms with Gasteiger partial charge < -0.3 is 112 Å². The number of benzene rings is 4. The first-order valence-electron chi connectivity index (χ1n) is 39.7. The molecule has 0 saturated carbocycles. The molecule has 6 aromatic rings. The van der Waals surface area contributed by atoms with E-state index in [1.165, 1.54) is 36.8 Å². The number of rotatable bonds is 26. The van der Waals surface area contributed by atoms with E-state index in [9.17, 15) is 72.5 Å². The quantitative estimate of drug-likeness (QED) is 0.0153. The van der Waals surface area contributed by atoms with E-state index in [2.05, 4.69) is 89.4 Å². The molecule has 7 rings (SSSR count). The van der Waals surface area contributed by atoms with Gasteiger partial charge in [0, 0.05) is 67.7 Å². The van der Waals surface area contributed by atoms with E-state index in [0.717, 1.165) is 11.8 Å². The molecule has 1 saturated heterocycles. The third-order valence-corrected chi connectivity index (χ3v) is 20.4. The second-order valence-corrected chi connectivity index (χ2v) is 31.8. The highest BCUT2D eigenvalue weighted by molar-refractivity contribution is 8.00. The molecule has 39 nitrogen and oxygen atoms in total. The maximum absolute atomic E-state index is 15.2. The molecule has 0 radical (unpaired) electrons.